The Labute approximate surface area is 93.8 Å². The van der Waals surface area contributed by atoms with Gasteiger partial charge in [-0.25, -0.2) is 8.42 Å². The summed E-state index contributed by atoms with van der Waals surface area (Å²) in [5, 5.41) is 9.53. The van der Waals surface area contributed by atoms with Crippen molar-refractivity contribution in [2.24, 2.45) is 5.73 Å². The molecule has 3 N–H and O–H groups in total. The lowest BCUT2D eigenvalue weighted by Gasteiger charge is -2.04. The molecule has 6 heteroatoms. The first-order valence-corrected chi connectivity index (χ1v) is 6.51. The average Bonchev–Trinajstić information content (AvgIpc) is 2.16. The van der Waals surface area contributed by atoms with Crippen LogP contribution in [0.1, 0.15) is 16.8 Å². The van der Waals surface area contributed by atoms with E-state index in [1.165, 1.54) is 12.1 Å². The highest BCUT2D eigenvalue weighted by molar-refractivity contribution is 7.90. The van der Waals surface area contributed by atoms with Gasteiger partial charge in [-0.2, -0.15) is 0 Å². The molecule has 0 saturated carbocycles. The molecule has 0 fully saturated rings. The minimum Gasteiger partial charge on any atom is -0.507 e. The van der Waals surface area contributed by atoms with E-state index in [-0.39, 0.29) is 35.0 Å². The molecule has 1 aromatic rings. The summed E-state index contributed by atoms with van der Waals surface area (Å²) in [7, 11) is -3.38. The molecule has 1 rings (SSSR count). The van der Waals surface area contributed by atoms with E-state index in [0.717, 1.165) is 12.3 Å². The molecule has 0 heterocycles. The van der Waals surface area contributed by atoms with Gasteiger partial charge in [0.1, 0.15) is 5.75 Å². The van der Waals surface area contributed by atoms with Crippen molar-refractivity contribution in [2.45, 2.75) is 11.3 Å². The van der Waals surface area contributed by atoms with Crippen molar-refractivity contribution in [2.75, 3.05) is 12.8 Å². The zero-order chi connectivity index (χ0) is 12.3. The van der Waals surface area contributed by atoms with Gasteiger partial charge in [-0.05, 0) is 24.7 Å². The summed E-state index contributed by atoms with van der Waals surface area (Å²) in [6.45, 7) is 0.187. The minimum atomic E-state index is -3.38. The van der Waals surface area contributed by atoms with E-state index in [4.69, 9.17) is 5.73 Å². The second-order valence-electron chi connectivity index (χ2n) is 3.41. The Hall–Kier alpha value is -1.40. The number of sulfone groups is 1. The SMILES string of the molecule is CS(=O)(=O)c1ccc(C(=O)CCN)c(O)c1. The molecule has 0 radical (unpaired) electrons. The van der Waals surface area contributed by atoms with Gasteiger partial charge < -0.3 is 10.8 Å². The van der Waals surface area contributed by atoms with Crippen LogP contribution in [0.4, 0.5) is 0 Å². The lowest BCUT2D eigenvalue weighted by molar-refractivity contribution is 0.0983. The number of ketones is 1. The highest BCUT2D eigenvalue weighted by atomic mass is 32.2. The fraction of sp³-hybridized carbons (Fsp3) is 0.300. The Morgan fingerprint density at radius 2 is 2.06 bits per heavy atom. The molecule has 16 heavy (non-hydrogen) atoms. The molecule has 0 atom stereocenters. The van der Waals surface area contributed by atoms with Crippen LogP contribution >= 0.6 is 0 Å². The topological polar surface area (TPSA) is 97.5 Å². The number of nitrogens with two attached hydrogens (primary N) is 1. The van der Waals surface area contributed by atoms with Crippen molar-refractivity contribution in [1.82, 2.24) is 0 Å². The van der Waals surface area contributed by atoms with Gasteiger partial charge in [0, 0.05) is 12.7 Å². The standard InChI is InChI=1S/C10H13NO4S/c1-16(14,15)7-2-3-8(10(13)6-7)9(12)4-5-11/h2-3,6,13H,4-5,11H2,1H3. The van der Waals surface area contributed by atoms with Gasteiger partial charge in [0.15, 0.2) is 15.6 Å². The number of hydrogen-bond donors (Lipinski definition) is 2. The molecule has 0 aliphatic heterocycles. The summed E-state index contributed by atoms with van der Waals surface area (Å²) in [5.41, 5.74) is 5.31. The Morgan fingerprint density at radius 1 is 1.44 bits per heavy atom. The number of Topliss-reactive ketones (excluding diaryl/α,β-unsaturated/α-hetero) is 1. The summed E-state index contributed by atoms with van der Waals surface area (Å²) in [5.74, 6) is -0.638. The van der Waals surface area contributed by atoms with Crippen LogP contribution in [0.25, 0.3) is 0 Å². The number of rotatable bonds is 4. The number of phenols is 1. The summed E-state index contributed by atoms with van der Waals surface area (Å²) < 4.78 is 22.4. The van der Waals surface area contributed by atoms with Crippen molar-refractivity contribution in [3.63, 3.8) is 0 Å². The number of carbonyl (C=O) groups is 1. The van der Waals surface area contributed by atoms with E-state index in [0.29, 0.717) is 0 Å². The van der Waals surface area contributed by atoms with Crippen molar-refractivity contribution in [3.05, 3.63) is 23.8 Å². The lowest BCUT2D eigenvalue weighted by atomic mass is 10.1. The van der Waals surface area contributed by atoms with E-state index in [2.05, 4.69) is 0 Å². The molecule has 0 saturated heterocycles. The zero-order valence-electron chi connectivity index (χ0n) is 8.80. The molecule has 0 bridgehead atoms. The minimum absolute atomic E-state index is 0.0192. The van der Waals surface area contributed by atoms with Crippen LogP contribution in [0.2, 0.25) is 0 Å². The number of carbonyl (C=O) groups excluding carboxylic acids is 1. The van der Waals surface area contributed by atoms with E-state index < -0.39 is 9.84 Å². The summed E-state index contributed by atoms with van der Waals surface area (Å²) in [6, 6.07) is 3.65. The first-order chi connectivity index (χ1) is 7.36. The Kier molecular flexibility index (Phi) is 3.66. The van der Waals surface area contributed by atoms with Gasteiger partial charge in [-0.15, -0.1) is 0 Å². The molecule has 0 aromatic heterocycles. The fourth-order valence-corrected chi connectivity index (χ4v) is 1.88. The largest absolute Gasteiger partial charge is 0.507 e. The third-order valence-corrected chi connectivity index (χ3v) is 3.18. The molecule has 1 aromatic carbocycles. The molecule has 0 spiro atoms. The predicted octanol–water partition coefficient (Wildman–Crippen LogP) is 0.327. The van der Waals surface area contributed by atoms with Crippen LogP contribution in [0.15, 0.2) is 23.1 Å². The molecule has 5 nitrogen and oxygen atoms in total. The maximum Gasteiger partial charge on any atom is 0.175 e. The number of phenolic OH excluding ortho intramolecular Hbond substituents is 1. The number of benzene rings is 1. The van der Waals surface area contributed by atoms with Gasteiger partial charge in [-0.1, -0.05) is 0 Å². The van der Waals surface area contributed by atoms with E-state index >= 15 is 0 Å². The molecular weight excluding hydrogens is 230 g/mol. The predicted molar refractivity (Wildman–Crippen MR) is 59.2 cm³/mol. The number of aromatic hydroxyl groups is 1. The monoisotopic (exact) mass is 243 g/mol. The summed E-state index contributed by atoms with van der Waals surface area (Å²) >= 11 is 0. The second-order valence-corrected chi connectivity index (χ2v) is 5.43. The molecule has 0 amide bonds. The van der Waals surface area contributed by atoms with Crippen molar-refractivity contribution >= 4 is 15.6 Å². The summed E-state index contributed by atoms with van der Waals surface area (Å²) in [4.78, 5) is 11.4. The van der Waals surface area contributed by atoms with Crippen molar-refractivity contribution in [3.8, 4) is 5.75 Å². The smallest absolute Gasteiger partial charge is 0.175 e. The van der Waals surface area contributed by atoms with Gasteiger partial charge in [-0.3, -0.25) is 4.79 Å². The van der Waals surface area contributed by atoms with Crippen LogP contribution in [0.3, 0.4) is 0 Å². The quantitative estimate of drug-likeness (QED) is 0.742. The van der Waals surface area contributed by atoms with Gasteiger partial charge >= 0.3 is 0 Å². The molecule has 0 aliphatic carbocycles. The van der Waals surface area contributed by atoms with Crippen LogP contribution in [0, 0.1) is 0 Å². The third kappa shape index (κ3) is 2.80. The van der Waals surface area contributed by atoms with E-state index in [1.54, 1.807) is 0 Å². The van der Waals surface area contributed by atoms with Crippen molar-refractivity contribution < 1.29 is 18.3 Å². The normalized spacial score (nSPS) is 11.4. The molecule has 0 aliphatic rings. The second kappa shape index (κ2) is 4.63. The Balaban J connectivity index is 3.15. The highest BCUT2D eigenvalue weighted by Gasteiger charge is 2.14. The first-order valence-electron chi connectivity index (χ1n) is 4.62. The Bertz CT molecular complexity index is 508. The van der Waals surface area contributed by atoms with Gasteiger partial charge in [0.2, 0.25) is 0 Å². The van der Waals surface area contributed by atoms with Gasteiger partial charge in [0.25, 0.3) is 0 Å². The van der Waals surface area contributed by atoms with Crippen LogP contribution < -0.4 is 5.73 Å². The zero-order valence-corrected chi connectivity index (χ0v) is 9.62. The van der Waals surface area contributed by atoms with Crippen LogP contribution in [-0.2, 0) is 9.84 Å². The maximum absolute atomic E-state index is 11.4. The highest BCUT2D eigenvalue weighted by Crippen LogP contribution is 2.22. The van der Waals surface area contributed by atoms with Crippen molar-refractivity contribution in [1.29, 1.82) is 0 Å². The fourth-order valence-electron chi connectivity index (χ4n) is 1.24. The van der Waals surface area contributed by atoms with Gasteiger partial charge in [0.05, 0.1) is 10.5 Å². The summed E-state index contributed by atoms with van der Waals surface area (Å²) in [6.07, 6.45) is 1.15. The number of hydrogen-bond acceptors (Lipinski definition) is 5. The maximum atomic E-state index is 11.4. The average molecular weight is 243 g/mol. The molecule has 0 unspecified atom stereocenters. The van der Waals surface area contributed by atoms with Crippen LogP contribution in [0.5, 0.6) is 5.75 Å². The Morgan fingerprint density at radius 3 is 2.50 bits per heavy atom. The van der Waals surface area contributed by atoms with E-state index in [1.807, 2.05) is 0 Å². The lowest BCUT2D eigenvalue weighted by Crippen LogP contribution is -2.08. The molecular formula is C10H13NO4S. The van der Waals surface area contributed by atoms with E-state index in [9.17, 15) is 18.3 Å². The molecule has 88 valence electrons. The third-order valence-electron chi connectivity index (χ3n) is 2.07. The first kappa shape index (κ1) is 12.7. The van der Waals surface area contributed by atoms with Crippen LogP contribution in [-0.4, -0.2) is 32.1 Å².